The number of fused-ring (bicyclic) bond motifs is 1. The number of hydrogen-bond donors (Lipinski definition) is 1. The van der Waals surface area contributed by atoms with Crippen LogP contribution in [0.5, 0.6) is 0 Å². The Morgan fingerprint density at radius 3 is 2.82 bits per heavy atom. The molecule has 0 unspecified atom stereocenters. The Balaban J connectivity index is 1.66. The summed E-state index contributed by atoms with van der Waals surface area (Å²) in [5.74, 6) is -0.200. The van der Waals surface area contributed by atoms with E-state index >= 15 is 0 Å². The lowest BCUT2D eigenvalue weighted by atomic mass is 9.94. The Kier molecular flexibility index (Phi) is 5.35. The van der Waals surface area contributed by atoms with Gasteiger partial charge in [-0.05, 0) is 48.6 Å². The van der Waals surface area contributed by atoms with Crippen LogP contribution < -0.4 is 5.32 Å². The van der Waals surface area contributed by atoms with Crippen LogP contribution in [0.15, 0.2) is 48.7 Å². The molecule has 0 saturated heterocycles. The SMILES string of the molecule is O=C(N[C@H]1CCCCC1=O)c1cc(Cc2ccc(Cl)nc2)c2ccccc2n1. The van der Waals surface area contributed by atoms with E-state index in [0.717, 1.165) is 34.9 Å². The fraction of sp³-hybridized carbons (Fsp3) is 0.273. The number of aromatic nitrogens is 2. The van der Waals surface area contributed by atoms with Gasteiger partial charge in [0, 0.05) is 18.0 Å². The summed E-state index contributed by atoms with van der Waals surface area (Å²) < 4.78 is 0. The Morgan fingerprint density at radius 1 is 1.18 bits per heavy atom. The maximum Gasteiger partial charge on any atom is 0.270 e. The summed E-state index contributed by atoms with van der Waals surface area (Å²) in [7, 11) is 0. The van der Waals surface area contributed by atoms with Gasteiger partial charge in [0.2, 0.25) is 0 Å². The van der Waals surface area contributed by atoms with Crippen molar-refractivity contribution in [2.45, 2.75) is 38.1 Å². The van der Waals surface area contributed by atoms with Crippen molar-refractivity contribution in [3.63, 3.8) is 0 Å². The third kappa shape index (κ3) is 4.04. The second kappa shape index (κ2) is 8.07. The van der Waals surface area contributed by atoms with Crippen LogP contribution in [-0.4, -0.2) is 27.7 Å². The molecule has 142 valence electrons. The van der Waals surface area contributed by atoms with E-state index in [4.69, 9.17) is 11.6 Å². The summed E-state index contributed by atoms with van der Waals surface area (Å²) in [4.78, 5) is 33.5. The minimum atomic E-state index is -0.404. The van der Waals surface area contributed by atoms with Crippen molar-refractivity contribution in [3.05, 3.63) is 70.6 Å². The average Bonchev–Trinajstić information content (AvgIpc) is 2.71. The first-order chi connectivity index (χ1) is 13.6. The van der Waals surface area contributed by atoms with Crippen LogP contribution in [0.25, 0.3) is 10.9 Å². The monoisotopic (exact) mass is 393 g/mol. The molecule has 1 N–H and O–H groups in total. The zero-order valence-electron chi connectivity index (χ0n) is 15.3. The summed E-state index contributed by atoms with van der Waals surface area (Å²) in [6.45, 7) is 0. The maximum atomic E-state index is 12.8. The van der Waals surface area contributed by atoms with Gasteiger partial charge in [0.25, 0.3) is 5.91 Å². The lowest BCUT2D eigenvalue weighted by molar-refractivity contribution is -0.122. The third-order valence-electron chi connectivity index (χ3n) is 5.08. The van der Waals surface area contributed by atoms with Gasteiger partial charge in [-0.2, -0.15) is 0 Å². The molecule has 6 heteroatoms. The average molecular weight is 394 g/mol. The molecule has 1 aliphatic rings. The number of halogens is 1. The predicted octanol–water partition coefficient (Wildman–Crippen LogP) is 4.12. The summed E-state index contributed by atoms with van der Waals surface area (Å²) in [6, 6.07) is 12.8. The highest BCUT2D eigenvalue weighted by atomic mass is 35.5. The lowest BCUT2D eigenvalue weighted by Gasteiger charge is -2.21. The van der Waals surface area contributed by atoms with E-state index in [2.05, 4.69) is 15.3 Å². The topological polar surface area (TPSA) is 72.0 Å². The smallest absolute Gasteiger partial charge is 0.270 e. The van der Waals surface area contributed by atoms with E-state index in [-0.39, 0.29) is 11.7 Å². The molecule has 1 atom stereocenters. The summed E-state index contributed by atoms with van der Waals surface area (Å²) in [5, 5.41) is 4.30. The van der Waals surface area contributed by atoms with Crippen molar-refractivity contribution < 1.29 is 9.59 Å². The van der Waals surface area contributed by atoms with Crippen molar-refractivity contribution in [1.29, 1.82) is 0 Å². The highest BCUT2D eigenvalue weighted by Gasteiger charge is 2.25. The lowest BCUT2D eigenvalue weighted by Crippen LogP contribution is -2.42. The van der Waals surface area contributed by atoms with Crippen LogP contribution in [0.3, 0.4) is 0 Å². The van der Waals surface area contributed by atoms with Crippen molar-refractivity contribution in [2.75, 3.05) is 0 Å². The number of carbonyl (C=O) groups excluding carboxylic acids is 2. The number of para-hydroxylation sites is 1. The zero-order valence-corrected chi connectivity index (χ0v) is 16.1. The molecule has 0 spiro atoms. The Bertz CT molecular complexity index is 1030. The number of nitrogens with one attached hydrogen (secondary N) is 1. The maximum absolute atomic E-state index is 12.8. The van der Waals surface area contributed by atoms with E-state index in [1.54, 1.807) is 18.3 Å². The van der Waals surface area contributed by atoms with Crippen LogP contribution in [0.1, 0.15) is 47.3 Å². The van der Waals surface area contributed by atoms with Crippen molar-refractivity contribution >= 4 is 34.2 Å². The first-order valence-electron chi connectivity index (χ1n) is 9.43. The minimum Gasteiger partial charge on any atom is -0.341 e. The second-order valence-electron chi connectivity index (χ2n) is 7.09. The van der Waals surface area contributed by atoms with Crippen molar-refractivity contribution in [3.8, 4) is 0 Å². The quantitative estimate of drug-likeness (QED) is 0.677. The molecule has 0 bridgehead atoms. The molecule has 3 aromatic rings. The van der Waals surface area contributed by atoms with Gasteiger partial charge in [0.05, 0.1) is 11.6 Å². The molecule has 2 heterocycles. The Morgan fingerprint density at radius 2 is 2.04 bits per heavy atom. The fourth-order valence-corrected chi connectivity index (χ4v) is 3.72. The number of pyridine rings is 2. The van der Waals surface area contributed by atoms with E-state index in [1.165, 1.54) is 0 Å². The summed E-state index contributed by atoms with van der Waals surface area (Å²) in [6.07, 6.45) is 5.43. The van der Waals surface area contributed by atoms with Crippen LogP contribution in [-0.2, 0) is 11.2 Å². The van der Waals surface area contributed by atoms with Crippen LogP contribution in [0.2, 0.25) is 5.15 Å². The molecule has 5 nitrogen and oxygen atoms in total. The highest BCUT2D eigenvalue weighted by molar-refractivity contribution is 6.29. The summed E-state index contributed by atoms with van der Waals surface area (Å²) in [5.41, 5.74) is 3.06. The first-order valence-corrected chi connectivity index (χ1v) is 9.80. The molecule has 1 aliphatic carbocycles. The number of amides is 1. The molecular formula is C22H20ClN3O2. The van der Waals surface area contributed by atoms with E-state index in [1.807, 2.05) is 30.3 Å². The zero-order chi connectivity index (χ0) is 19.5. The fourth-order valence-electron chi connectivity index (χ4n) is 3.61. The molecule has 28 heavy (non-hydrogen) atoms. The normalized spacial score (nSPS) is 16.9. The molecule has 1 fully saturated rings. The van der Waals surface area contributed by atoms with Gasteiger partial charge in [-0.1, -0.05) is 42.3 Å². The Hall–Kier alpha value is -2.79. The van der Waals surface area contributed by atoms with E-state index < -0.39 is 6.04 Å². The third-order valence-corrected chi connectivity index (χ3v) is 5.30. The number of nitrogens with zero attached hydrogens (tertiary/aromatic N) is 2. The largest absolute Gasteiger partial charge is 0.341 e. The van der Waals surface area contributed by atoms with Gasteiger partial charge in [0.1, 0.15) is 10.8 Å². The van der Waals surface area contributed by atoms with E-state index in [0.29, 0.717) is 30.1 Å². The first kappa shape index (κ1) is 18.6. The predicted molar refractivity (Wildman–Crippen MR) is 109 cm³/mol. The number of rotatable bonds is 4. The standard InChI is InChI=1S/C22H20ClN3O2/c23-21-10-9-14(13-24-21)11-15-12-19(25-17-6-2-1-5-16(15)17)22(28)26-18-7-3-4-8-20(18)27/h1-2,5-6,9-10,12-13,18H,3-4,7-8,11H2,(H,26,28)/t18-/m0/s1. The van der Waals surface area contributed by atoms with Crippen LogP contribution in [0, 0.1) is 0 Å². The Labute approximate surface area is 168 Å². The van der Waals surface area contributed by atoms with Crippen LogP contribution >= 0.6 is 11.6 Å². The second-order valence-corrected chi connectivity index (χ2v) is 7.48. The van der Waals surface area contributed by atoms with E-state index in [9.17, 15) is 9.59 Å². The van der Waals surface area contributed by atoms with Crippen molar-refractivity contribution in [1.82, 2.24) is 15.3 Å². The highest BCUT2D eigenvalue weighted by Crippen LogP contribution is 2.22. The molecule has 2 aromatic heterocycles. The molecule has 0 radical (unpaired) electrons. The number of hydrogen-bond acceptors (Lipinski definition) is 4. The minimum absolute atomic E-state index is 0.104. The number of ketones is 1. The van der Waals surface area contributed by atoms with Crippen molar-refractivity contribution in [2.24, 2.45) is 0 Å². The summed E-state index contributed by atoms with van der Waals surface area (Å²) >= 11 is 5.88. The number of Topliss-reactive ketones (excluding diaryl/α,β-unsaturated/α-hetero) is 1. The van der Waals surface area contributed by atoms with Gasteiger partial charge in [0.15, 0.2) is 5.78 Å². The molecule has 0 aliphatic heterocycles. The molecule has 1 amide bonds. The number of benzene rings is 1. The van der Waals surface area contributed by atoms with Gasteiger partial charge in [-0.15, -0.1) is 0 Å². The molecule has 4 rings (SSSR count). The number of carbonyl (C=O) groups is 2. The van der Waals surface area contributed by atoms with Crippen LogP contribution in [0.4, 0.5) is 0 Å². The van der Waals surface area contributed by atoms with Gasteiger partial charge in [-0.25, -0.2) is 9.97 Å². The molecule has 1 saturated carbocycles. The van der Waals surface area contributed by atoms with Gasteiger partial charge >= 0.3 is 0 Å². The molecular weight excluding hydrogens is 374 g/mol. The molecule has 1 aromatic carbocycles. The van der Waals surface area contributed by atoms with Gasteiger partial charge in [-0.3, -0.25) is 9.59 Å². The van der Waals surface area contributed by atoms with Gasteiger partial charge < -0.3 is 5.32 Å².